The average molecular weight is 593 g/mol. The van der Waals surface area contributed by atoms with Crippen molar-refractivity contribution in [1.82, 2.24) is 4.58 Å². The number of aromatic carboxylic acids is 1. The van der Waals surface area contributed by atoms with Crippen LogP contribution in [-0.4, -0.2) is 55.1 Å². The molecule has 0 unspecified atom stereocenters. The number of fused-ring (bicyclic) bond motifs is 4. The number of carboxylic acid groups (broad SMARTS) is 1. The van der Waals surface area contributed by atoms with Crippen molar-refractivity contribution in [3.63, 3.8) is 0 Å². The topological polar surface area (TPSA) is 82.8 Å². The summed E-state index contributed by atoms with van der Waals surface area (Å²) in [5.41, 5.74) is 3.20. The third kappa shape index (κ3) is 5.55. The molecule has 0 aromatic heterocycles. The quantitative estimate of drug-likeness (QED) is 0.270. The molecule has 0 saturated heterocycles. The summed E-state index contributed by atoms with van der Waals surface area (Å²) in [5, 5.41) is 10.9. The van der Waals surface area contributed by atoms with E-state index >= 15 is 0 Å². The number of carboxylic acids is 1. The SMILES string of the molecule is O=C(O)c1ccccc1C1=c2cc3c(cc2Oc2cc4c(cc21)CCCN4CC(F)(F)F)=[N+](CC(F)(F)F)CCC3.[OH-]. The number of alkyl halides is 6. The van der Waals surface area contributed by atoms with Crippen molar-refractivity contribution in [3.8, 4) is 11.5 Å². The van der Waals surface area contributed by atoms with Crippen LogP contribution in [0.25, 0.3) is 5.57 Å². The van der Waals surface area contributed by atoms with Crippen LogP contribution in [0.4, 0.5) is 32.0 Å². The Hall–Kier alpha value is -4.06. The minimum Gasteiger partial charge on any atom is -0.870 e. The number of benzene rings is 3. The molecule has 42 heavy (non-hydrogen) atoms. The van der Waals surface area contributed by atoms with Gasteiger partial charge in [-0.25, -0.2) is 9.37 Å². The predicted octanol–water partition coefficient (Wildman–Crippen LogP) is 4.88. The van der Waals surface area contributed by atoms with Gasteiger partial charge in [0.2, 0.25) is 11.9 Å². The van der Waals surface area contributed by atoms with Crippen LogP contribution >= 0.6 is 0 Å². The maximum absolute atomic E-state index is 13.4. The Balaban J connectivity index is 0.00000353. The molecular formula is C30H26F6N2O4. The summed E-state index contributed by atoms with van der Waals surface area (Å²) in [6.45, 7) is -1.85. The lowest BCUT2D eigenvalue weighted by Gasteiger charge is -2.34. The lowest BCUT2D eigenvalue weighted by atomic mass is 9.86. The monoisotopic (exact) mass is 592 g/mol. The number of hydrogen-bond donors (Lipinski definition) is 1. The summed E-state index contributed by atoms with van der Waals surface area (Å²) < 4.78 is 87.7. The van der Waals surface area contributed by atoms with E-state index in [2.05, 4.69) is 0 Å². The molecule has 2 N–H and O–H groups in total. The first-order valence-electron chi connectivity index (χ1n) is 13.2. The van der Waals surface area contributed by atoms with Crippen molar-refractivity contribution < 1.29 is 46.5 Å². The van der Waals surface area contributed by atoms with Crippen LogP contribution in [0.1, 0.15) is 45.5 Å². The fourth-order valence-electron chi connectivity index (χ4n) is 6.14. The van der Waals surface area contributed by atoms with Gasteiger partial charge in [-0.1, -0.05) is 18.2 Å². The van der Waals surface area contributed by atoms with Crippen LogP contribution in [0, 0.1) is 0 Å². The maximum atomic E-state index is 13.4. The summed E-state index contributed by atoms with van der Waals surface area (Å²) >= 11 is 0. The first kappa shape index (κ1) is 29.4. The second kappa shape index (κ2) is 10.6. The van der Waals surface area contributed by atoms with Gasteiger partial charge in [0.25, 0.3) is 0 Å². The van der Waals surface area contributed by atoms with Crippen LogP contribution in [-0.2, 0) is 12.8 Å². The third-order valence-electron chi connectivity index (χ3n) is 7.72. The van der Waals surface area contributed by atoms with Gasteiger partial charge in [-0.3, -0.25) is 0 Å². The van der Waals surface area contributed by atoms with Gasteiger partial charge in [-0.15, -0.1) is 0 Å². The Bertz CT molecular complexity index is 1700. The van der Waals surface area contributed by atoms with Crippen molar-refractivity contribution in [2.24, 2.45) is 0 Å². The molecule has 0 saturated carbocycles. The second-order valence-electron chi connectivity index (χ2n) is 10.6. The molecule has 3 heterocycles. The van der Waals surface area contributed by atoms with Gasteiger partial charge in [0.05, 0.1) is 11.6 Å². The molecule has 0 radical (unpaired) electrons. The molecule has 0 amide bonds. The summed E-state index contributed by atoms with van der Waals surface area (Å²) in [5.74, 6) is -0.719. The summed E-state index contributed by atoms with van der Waals surface area (Å²) in [4.78, 5) is 13.5. The highest BCUT2D eigenvalue weighted by Gasteiger charge is 2.37. The number of aryl methyl sites for hydroxylation is 2. The Labute approximate surface area is 236 Å². The van der Waals surface area contributed by atoms with Crippen molar-refractivity contribution >= 4 is 17.2 Å². The van der Waals surface area contributed by atoms with Crippen molar-refractivity contribution in [1.29, 1.82) is 0 Å². The lowest BCUT2D eigenvalue weighted by Crippen LogP contribution is -2.43. The van der Waals surface area contributed by atoms with Crippen LogP contribution < -0.4 is 24.8 Å². The van der Waals surface area contributed by atoms with Crippen LogP contribution in [0.2, 0.25) is 0 Å². The number of anilines is 1. The van der Waals surface area contributed by atoms with Crippen LogP contribution in [0.3, 0.4) is 0 Å². The smallest absolute Gasteiger partial charge is 0.448 e. The zero-order chi connectivity index (χ0) is 29.1. The molecule has 0 spiro atoms. The molecule has 0 fully saturated rings. The van der Waals surface area contributed by atoms with E-state index in [0.29, 0.717) is 69.8 Å². The average Bonchev–Trinajstić information content (AvgIpc) is 2.88. The van der Waals surface area contributed by atoms with Crippen molar-refractivity contribution in [2.45, 2.75) is 38.0 Å². The number of ether oxygens (including phenoxy) is 1. The van der Waals surface area contributed by atoms with Crippen molar-refractivity contribution in [2.75, 3.05) is 31.1 Å². The largest absolute Gasteiger partial charge is 0.870 e. The Morgan fingerprint density at radius 2 is 1.64 bits per heavy atom. The summed E-state index contributed by atoms with van der Waals surface area (Å²) in [6, 6.07) is 13.0. The van der Waals surface area contributed by atoms with Crippen LogP contribution in [0.15, 0.2) is 48.5 Å². The molecule has 3 aliphatic rings. The van der Waals surface area contributed by atoms with Gasteiger partial charge in [-0.05, 0) is 48.6 Å². The van der Waals surface area contributed by atoms with E-state index in [-0.39, 0.29) is 35.6 Å². The lowest BCUT2D eigenvalue weighted by molar-refractivity contribution is -0.128. The second-order valence-corrected chi connectivity index (χ2v) is 10.6. The van der Waals surface area contributed by atoms with Crippen LogP contribution in [0.5, 0.6) is 11.5 Å². The van der Waals surface area contributed by atoms with Gasteiger partial charge >= 0.3 is 18.3 Å². The summed E-state index contributed by atoms with van der Waals surface area (Å²) in [7, 11) is 0. The Kier molecular flexibility index (Phi) is 7.46. The standard InChI is InChI=1S/C30H24F6N2O3.H2O/c31-29(32,33)15-37-9-3-5-17-11-21-25(13-23(17)37)41-26-14-24-18(6-4-10-38(24)16-30(34,35)36)12-22(26)27(21)19-7-1-2-8-20(19)28(39)40;/h1-2,7-8,11-14H,3-6,9-10,15-16H2;1H2. The number of carbonyl (C=O) groups is 1. The van der Waals surface area contributed by atoms with Gasteiger partial charge in [0.1, 0.15) is 24.6 Å². The molecule has 0 aliphatic carbocycles. The summed E-state index contributed by atoms with van der Waals surface area (Å²) in [6.07, 6.45) is -6.73. The molecular weight excluding hydrogens is 566 g/mol. The van der Waals surface area contributed by atoms with Gasteiger partial charge in [-0.2, -0.15) is 26.3 Å². The molecule has 6 rings (SSSR count). The van der Waals surface area contributed by atoms with Gasteiger partial charge in [0.15, 0.2) is 0 Å². The molecule has 222 valence electrons. The Morgan fingerprint density at radius 1 is 0.905 bits per heavy atom. The Morgan fingerprint density at radius 3 is 2.36 bits per heavy atom. The third-order valence-corrected chi connectivity index (χ3v) is 7.72. The molecule has 6 nitrogen and oxygen atoms in total. The van der Waals surface area contributed by atoms with E-state index in [4.69, 9.17) is 4.74 Å². The van der Waals surface area contributed by atoms with E-state index in [1.165, 1.54) is 27.7 Å². The number of nitrogens with zero attached hydrogens (tertiary/aromatic N) is 2. The predicted molar refractivity (Wildman–Crippen MR) is 141 cm³/mol. The highest BCUT2D eigenvalue weighted by atomic mass is 19.4. The molecule has 3 aromatic rings. The van der Waals surface area contributed by atoms with E-state index in [1.54, 1.807) is 30.3 Å². The normalized spacial score (nSPS) is 16.0. The van der Waals surface area contributed by atoms with Crippen molar-refractivity contribution in [3.05, 3.63) is 86.9 Å². The molecule has 3 aromatic carbocycles. The first-order valence-corrected chi connectivity index (χ1v) is 13.2. The number of hydrogen-bond acceptors (Lipinski definition) is 4. The molecule has 0 bridgehead atoms. The zero-order valence-electron chi connectivity index (χ0n) is 22.1. The fourth-order valence-corrected chi connectivity index (χ4v) is 6.14. The molecule has 3 aliphatic heterocycles. The van der Waals surface area contributed by atoms with E-state index < -0.39 is 31.4 Å². The fraction of sp³-hybridized carbons (Fsp3) is 0.333. The number of halogens is 6. The first-order chi connectivity index (χ1) is 19.4. The zero-order valence-corrected chi connectivity index (χ0v) is 22.1. The molecule has 0 atom stereocenters. The molecule has 12 heteroatoms. The maximum Gasteiger partial charge on any atom is 0.448 e. The number of rotatable bonds is 4. The van der Waals surface area contributed by atoms with E-state index in [9.17, 15) is 36.2 Å². The van der Waals surface area contributed by atoms with Gasteiger partial charge < -0.3 is 20.2 Å². The van der Waals surface area contributed by atoms with E-state index in [0.717, 1.165) is 0 Å². The minimum atomic E-state index is -4.42. The minimum absolute atomic E-state index is 0. The highest BCUT2D eigenvalue weighted by molar-refractivity contribution is 5.98. The highest BCUT2D eigenvalue weighted by Crippen LogP contribution is 2.43. The van der Waals surface area contributed by atoms with E-state index in [1.807, 2.05) is 0 Å². The van der Waals surface area contributed by atoms with Gasteiger partial charge in [0, 0.05) is 46.6 Å².